The highest BCUT2D eigenvalue weighted by Crippen LogP contribution is 2.21. The minimum absolute atomic E-state index is 0.198. The second-order valence-corrected chi connectivity index (χ2v) is 7.91. The van der Waals surface area contributed by atoms with E-state index in [1.165, 1.54) is 0 Å². The van der Waals surface area contributed by atoms with Crippen molar-refractivity contribution in [1.29, 1.82) is 0 Å². The Bertz CT molecular complexity index is 552. The second-order valence-electron chi connectivity index (χ2n) is 6.35. The summed E-state index contributed by atoms with van der Waals surface area (Å²) in [5.41, 5.74) is 0.922. The number of ether oxygens (including phenoxy) is 1. The van der Waals surface area contributed by atoms with Gasteiger partial charge in [-0.3, -0.25) is 9.69 Å². The summed E-state index contributed by atoms with van der Waals surface area (Å²) in [6, 6.07) is 7.93. The number of morpholine rings is 1. The Hall–Kier alpha value is -0.750. The van der Waals surface area contributed by atoms with Crippen LogP contribution in [0.25, 0.3) is 0 Å². The summed E-state index contributed by atoms with van der Waals surface area (Å²) < 4.78 is 5.44. The van der Waals surface area contributed by atoms with E-state index in [1.807, 2.05) is 36.0 Å². The molecule has 2 aliphatic rings. The van der Waals surface area contributed by atoms with E-state index in [9.17, 15) is 4.79 Å². The molecule has 3 rings (SSSR count). The molecule has 0 spiro atoms. The van der Waals surface area contributed by atoms with Crippen LogP contribution in [0, 0.1) is 0 Å². The molecule has 1 atom stereocenters. The van der Waals surface area contributed by atoms with Crippen molar-refractivity contribution in [2.24, 2.45) is 0 Å². The van der Waals surface area contributed by atoms with Crippen molar-refractivity contribution in [3.05, 3.63) is 34.9 Å². The first kappa shape index (κ1) is 18.1. The standard InChI is InChI=1S/C18H25ClN2O2S/c19-17-5-2-1-4-15(17)12-18(22)21-6-3-11-24-14-16(21)13-20-7-9-23-10-8-20/h1-2,4-5,16H,3,6-14H2. The fourth-order valence-electron chi connectivity index (χ4n) is 3.30. The smallest absolute Gasteiger partial charge is 0.227 e. The molecule has 6 heteroatoms. The highest BCUT2D eigenvalue weighted by atomic mass is 35.5. The Balaban J connectivity index is 1.66. The lowest BCUT2D eigenvalue weighted by Crippen LogP contribution is -2.50. The van der Waals surface area contributed by atoms with Gasteiger partial charge < -0.3 is 9.64 Å². The first-order chi connectivity index (χ1) is 11.7. The van der Waals surface area contributed by atoms with Crippen LogP contribution < -0.4 is 0 Å². The largest absolute Gasteiger partial charge is 0.379 e. The molecule has 0 saturated carbocycles. The second kappa shape index (κ2) is 9.09. The third kappa shape index (κ3) is 4.88. The van der Waals surface area contributed by atoms with Crippen LogP contribution in [0.4, 0.5) is 0 Å². The molecule has 2 saturated heterocycles. The number of nitrogens with zero attached hydrogens (tertiary/aromatic N) is 2. The van der Waals surface area contributed by atoms with Gasteiger partial charge in [-0.15, -0.1) is 0 Å². The topological polar surface area (TPSA) is 32.8 Å². The lowest BCUT2D eigenvalue weighted by Gasteiger charge is -2.35. The minimum atomic E-state index is 0.198. The van der Waals surface area contributed by atoms with Crippen molar-refractivity contribution in [2.75, 3.05) is 50.9 Å². The van der Waals surface area contributed by atoms with Gasteiger partial charge in [0.15, 0.2) is 0 Å². The van der Waals surface area contributed by atoms with E-state index in [0.29, 0.717) is 11.4 Å². The third-order valence-electron chi connectivity index (χ3n) is 4.63. The van der Waals surface area contributed by atoms with Crippen LogP contribution in [0.3, 0.4) is 0 Å². The van der Waals surface area contributed by atoms with Gasteiger partial charge in [0.25, 0.3) is 0 Å². The molecule has 1 aromatic carbocycles. The van der Waals surface area contributed by atoms with Gasteiger partial charge in [-0.2, -0.15) is 11.8 Å². The zero-order chi connectivity index (χ0) is 16.8. The van der Waals surface area contributed by atoms with Crippen molar-refractivity contribution in [3.63, 3.8) is 0 Å². The molecule has 2 heterocycles. The number of hydrogen-bond acceptors (Lipinski definition) is 4. The van der Waals surface area contributed by atoms with Gasteiger partial charge in [0.05, 0.1) is 25.7 Å². The first-order valence-electron chi connectivity index (χ1n) is 8.65. The number of carbonyl (C=O) groups excluding carboxylic acids is 1. The van der Waals surface area contributed by atoms with Gasteiger partial charge in [-0.25, -0.2) is 0 Å². The Kier molecular flexibility index (Phi) is 6.84. The van der Waals surface area contributed by atoms with Gasteiger partial charge in [-0.1, -0.05) is 29.8 Å². The van der Waals surface area contributed by atoms with Crippen molar-refractivity contribution in [2.45, 2.75) is 18.9 Å². The SMILES string of the molecule is O=C(Cc1ccccc1Cl)N1CCCSCC1CN1CCOCC1. The monoisotopic (exact) mass is 368 g/mol. The zero-order valence-corrected chi connectivity index (χ0v) is 15.5. The van der Waals surface area contributed by atoms with E-state index in [-0.39, 0.29) is 11.9 Å². The van der Waals surface area contributed by atoms with E-state index in [0.717, 1.165) is 62.9 Å². The first-order valence-corrected chi connectivity index (χ1v) is 10.2. The van der Waals surface area contributed by atoms with Crippen molar-refractivity contribution >= 4 is 29.3 Å². The van der Waals surface area contributed by atoms with Crippen LogP contribution in [0.5, 0.6) is 0 Å². The van der Waals surface area contributed by atoms with Gasteiger partial charge >= 0.3 is 0 Å². The highest BCUT2D eigenvalue weighted by molar-refractivity contribution is 7.99. The molecule has 0 aliphatic carbocycles. The predicted octanol–water partition coefficient (Wildman–Crippen LogP) is 2.55. The number of benzene rings is 1. The van der Waals surface area contributed by atoms with Gasteiger partial charge in [0, 0.05) is 37.0 Å². The van der Waals surface area contributed by atoms with Crippen LogP contribution in [0.15, 0.2) is 24.3 Å². The van der Waals surface area contributed by atoms with Crippen molar-refractivity contribution in [1.82, 2.24) is 9.80 Å². The van der Waals surface area contributed by atoms with E-state index >= 15 is 0 Å². The van der Waals surface area contributed by atoms with E-state index in [2.05, 4.69) is 9.80 Å². The van der Waals surface area contributed by atoms with Crippen molar-refractivity contribution < 1.29 is 9.53 Å². The molecule has 1 unspecified atom stereocenters. The number of thioether (sulfide) groups is 1. The predicted molar refractivity (Wildman–Crippen MR) is 99.9 cm³/mol. The fraction of sp³-hybridized carbons (Fsp3) is 0.611. The highest BCUT2D eigenvalue weighted by Gasteiger charge is 2.28. The molecule has 0 aromatic heterocycles. The molecule has 2 aliphatic heterocycles. The Labute approximate surface area is 153 Å². The molecule has 0 N–H and O–H groups in total. The maximum absolute atomic E-state index is 12.9. The number of hydrogen-bond donors (Lipinski definition) is 0. The van der Waals surface area contributed by atoms with Crippen LogP contribution in [0.2, 0.25) is 5.02 Å². The summed E-state index contributed by atoms with van der Waals surface area (Å²) >= 11 is 8.20. The third-order valence-corrected chi connectivity index (χ3v) is 6.20. The molecular formula is C18H25ClN2O2S. The Morgan fingerprint density at radius 3 is 2.83 bits per heavy atom. The molecule has 24 heavy (non-hydrogen) atoms. The fourth-order valence-corrected chi connectivity index (χ4v) is 4.56. The summed E-state index contributed by atoms with van der Waals surface area (Å²) in [6.07, 6.45) is 1.46. The van der Waals surface area contributed by atoms with Crippen molar-refractivity contribution in [3.8, 4) is 0 Å². The Morgan fingerprint density at radius 1 is 1.25 bits per heavy atom. The summed E-state index contributed by atoms with van der Waals surface area (Å²) in [7, 11) is 0. The summed E-state index contributed by atoms with van der Waals surface area (Å²) in [5, 5.41) is 0.680. The summed E-state index contributed by atoms with van der Waals surface area (Å²) in [6.45, 7) is 5.33. The molecule has 1 aromatic rings. The lowest BCUT2D eigenvalue weighted by atomic mass is 10.1. The van der Waals surface area contributed by atoms with Gasteiger partial charge in [0.2, 0.25) is 5.91 Å². The van der Waals surface area contributed by atoms with E-state index in [1.54, 1.807) is 0 Å². The van der Waals surface area contributed by atoms with Gasteiger partial charge in [-0.05, 0) is 23.8 Å². The van der Waals surface area contributed by atoms with Crippen LogP contribution in [-0.4, -0.2) is 72.6 Å². The summed E-state index contributed by atoms with van der Waals surface area (Å²) in [5.74, 6) is 2.35. The normalized spacial score (nSPS) is 23.0. The number of carbonyl (C=O) groups is 1. The maximum Gasteiger partial charge on any atom is 0.227 e. The number of halogens is 1. The molecule has 1 amide bonds. The van der Waals surface area contributed by atoms with Gasteiger partial charge in [0.1, 0.15) is 0 Å². The molecular weight excluding hydrogens is 344 g/mol. The lowest BCUT2D eigenvalue weighted by molar-refractivity contribution is -0.132. The average Bonchev–Trinajstić information content (AvgIpc) is 2.83. The molecule has 2 fully saturated rings. The molecule has 132 valence electrons. The number of amides is 1. The van der Waals surface area contributed by atoms with E-state index in [4.69, 9.17) is 16.3 Å². The van der Waals surface area contributed by atoms with Crippen LogP contribution in [0.1, 0.15) is 12.0 Å². The van der Waals surface area contributed by atoms with E-state index < -0.39 is 0 Å². The molecule has 0 radical (unpaired) electrons. The summed E-state index contributed by atoms with van der Waals surface area (Å²) in [4.78, 5) is 17.5. The quantitative estimate of drug-likeness (QED) is 0.817. The maximum atomic E-state index is 12.9. The zero-order valence-electron chi connectivity index (χ0n) is 14.0. The van der Waals surface area contributed by atoms with Crippen LogP contribution in [-0.2, 0) is 16.0 Å². The molecule has 0 bridgehead atoms. The number of rotatable bonds is 4. The minimum Gasteiger partial charge on any atom is -0.379 e. The Morgan fingerprint density at radius 2 is 2.04 bits per heavy atom. The molecule has 4 nitrogen and oxygen atoms in total. The average molecular weight is 369 g/mol. The van der Waals surface area contributed by atoms with Crippen LogP contribution >= 0.6 is 23.4 Å².